The van der Waals surface area contributed by atoms with Crippen molar-refractivity contribution in [3.8, 4) is 0 Å². The highest BCUT2D eigenvalue weighted by Crippen LogP contribution is 2.41. The van der Waals surface area contributed by atoms with E-state index in [1.54, 1.807) is 16.3 Å². The van der Waals surface area contributed by atoms with Crippen LogP contribution in [0.5, 0.6) is 0 Å². The van der Waals surface area contributed by atoms with Crippen molar-refractivity contribution in [3.63, 3.8) is 0 Å². The van der Waals surface area contributed by atoms with Crippen LogP contribution in [0.15, 0.2) is 18.2 Å². The van der Waals surface area contributed by atoms with Gasteiger partial charge in [0.15, 0.2) is 8.83 Å². The first kappa shape index (κ1) is 12.7. The summed E-state index contributed by atoms with van der Waals surface area (Å²) in [6.07, 6.45) is 11.3. The second-order valence-corrected chi connectivity index (χ2v) is 7.85. The molecular formula is C16H23ClSi. The van der Waals surface area contributed by atoms with E-state index in [4.69, 9.17) is 11.1 Å². The van der Waals surface area contributed by atoms with Gasteiger partial charge in [0.1, 0.15) is 0 Å². The SMILES string of the molecule is Cl[SiH2]c1cccc(C2CCCC2)c1C1CCCC1. The van der Waals surface area contributed by atoms with Gasteiger partial charge < -0.3 is 0 Å². The summed E-state index contributed by atoms with van der Waals surface area (Å²) in [5.74, 6) is 1.68. The molecule has 2 fully saturated rings. The zero-order valence-corrected chi connectivity index (χ0v) is 13.3. The third kappa shape index (κ3) is 2.40. The van der Waals surface area contributed by atoms with E-state index in [0.29, 0.717) is 0 Å². The van der Waals surface area contributed by atoms with Crippen molar-refractivity contribution >= 4 is 25.1 Å². The van der Waals surface area contributed by atoms with E-state index in [9.17, 15) is 0 Å². The van der Waals surface area contributed by atoms with Gasteiger partial charge in [0.2, 0.25) is 0 Å². The van der Waals surface area contributed by atoms with E-state index in [-0.39, 0.29) is 0 Å². The van der Waals surface area contributed by atoms with Crippen LogP contribution in [-0.2, 0) is 0 Å². The molecule has 2 saturated carbocycles. The number of halogens is 1. The normalized spacial score (nSPS) is 22.5. The molecule has 0 aromatic heterocycles. The van der Waals surface area contributed by atoms with E-state index in [0.717, 1.165) is 11.8 Å². The number of hydrogen-bond acceptors (Lipinski definition) is 0. The van der Waals surface area contributed by atoms with Gasteiger partial charge in [-0.15, -0.1) is 0 Å². The minimum Gasteiger partial charge on any atom is -0.170 e. The Morgan fingerprint density at radius 2 is 1.50 bits per heavy atom. The number of hydrogen-bond donors (Lipinski definition) is 0. The summed E-state index contributed by atoms with van der Waals surface area (Å²) in [6, 6.07) is 6.98. The molecule has 0 heterocycles. The third-order valence-electron chi connectivity index (χ3n) is 4.93. The molecule has 0 N–H and O–H groups in total. The molecule has 0 atom stereocenters. The Balaban J connectivity index is 2.00. The highest BCUT2D eigenvalue weighted by molar-refractivity contribution is 7.01. The zero-order chi connectivity index (χ0) is 12.4. The van der Waals surface area contributed by atoms with Crippen molar-refractivity contribution in [1.82, 2.24) is 0 Å². The van der Waals surface area contributed by atoms with Crippen molar-refractivity contribution in [1.29, 1.82) is 0 Å². The van der Waals surface area contributed by atoms with Crippen LogP contribution in [0.2, 0.25) is 0 Å². The predicted molar refractivity (Wildman–Crippen MR) is 82.9 cm³/mol. The molecule has 2 aliphatic rings. The van der Waals surface area contributed by atoms with Crippen LogP contribution in [-0.4, -0.2) is 8.83 Å². The summed E-state index contributed by atoms with van der Waals surface area (Å²) in [7, 11) is -0.547. The molecule has 1 aromatic carbocycles. The lowest BCUT2D eigenvalue weighted by molar-refractivity contribution is 0.668. The van der Waals surface area contributed by atoms with Gasteiger partial charge in [-0.3, -0.25) is 0 Å². The lowest BCUT2D eigenvalue weighted by Crippen LogP contribution is -2.21. The summed E-state index contributed by atoms with van der Waals surface area (Å²) in [6.45, 7) is 0. The number of rotatable bonds is 3. The van der Waals surface area contributed by atoms with Gasteiger partial charge in [0, 0.05) is 0 Å². The maximum atomic E-state index is 6.33. The lowest BCUT2D eigenvalue weighted by atomic mass is 9.85. The fourth-order valence-electron chi connectivity index (χ4n) is 4.05. The minimum absolute atomic E-state index is 0.547. The van der Waals surface area contributed by atoms with Crippen LogP contribution in [0.3, 0.4) is 0 Å². The Kier molecular flexibility index (Phi) is 4.10. The maximum absolute atomic E-state index is 6.33. The molecule has 98 valence electrons. The number of benzene rings is 1. The summed E-state index contributed by atoms with van der Waals surface area (Å²) < 4.78 is 0. The second kappa shape index (κ2) is 5.79. The first-order valence-electron chi connectivity index (χ1n) is 7.58. The van der Waals surface area contributed by atoms with Crippen molar-refractivity contribution in [2.75, 3.05) is 0 Å². The van der Waals surface area contributed by atoms with E-state index in [1.807, 2.05) is 0 Å². The van der Waals surface area contributed by atoms with Gasteiger partial charge in [-0.2, -0.15) is 11.1 Å². The van der Waals surface area contributed by atoms with Crippen LogP contribution in [0, 0.1) is 0 Å². The quantitative estimate of drug-likeness (QED) is 0.580. The maximum Gasteiger partial charge on any atom is 0.156 e. The fourth-order valence-corrected chi connectivity index (χ4v) is 5.62. The van der Waals surface area contributed by atoms with Crippen molar-refractivity contribution < 1.29 is 0 Å². The van der Waals surface area contributed by atoms with Gasteiger partial charge in [0.25, 0.3) is 0 Å². The Morgan fingerprint density at radius 3 is 2.11 bits per heavy atom. The Bertz CT molecular complexity index is 404. The fraction of sp³-hybridized carbons (Fsp3) is 0.625. The molecule has 0 unspecified atom stereocenters. The van der Waals surface area contributed by atoms with Gasteiger partial charge in [-0.05, 0) is 53.8 Å². The largest absolute Gasteiger partial charge is 0.170 e. The standard InChI is InChI=1S/C16H23ClSi/c17-18-15-11-5-10-14(12-6-1-2-7-12)16(15)13-8-3-4-9-13/h5,10-13H,1-4,6-9,18H2. The molecule has 0 radical (unpaired) electrons. The molecule has 0 spiro atoms. The van der Waals surface area contributed by atoms with E-state index in [1.165, 1.54) is 51.4 Å². The Labute approximate surface area is 118 Å². The average molecular weight is 279 g/mol. The summed E-state index contributed by atoms with van der Waals surface area (Å²) in [5.41, 5.74) is 3.40. The van der Waals surface area contributed by atoms with E-state index < -0.39 is 8.83 Å². The van der Waals surface area contributed by atoms with Gasteiger partial charge in [-0.25, -0.2) is 0 Å². The van der Waals surface area contributed by atoms with Crippen molar-refractivity contribution in [2.45, 2.75) is 63.2 Å². The Morgan fingerprint density at radius 1 is 0.889 bits per heavy atom. The van der Waals surface area contributed by atoms with E-state index >= 15 is 0 Å². The molecule has 0 nitrogen and oxygen atoms in total. The van der Waals surface area contributed by atoms with Crippen molar-refractivity contribution in [3.05, 3.63) is 29.3 Å². The monoisotopic (exact) mass is 278 g/mol. The average Bonchev–Trinajstić information content (AvgIpc) is 3.10. The predicted octanol–water partition coefficient (Wildman–Crippen LogP) is 3.95. The van der Waals surface area contributed by atoms with Crippen LogP contribution < -0.4 is 5.19 Å². The van der Waals surface area contributed by atoms with Crippen LogP contribution in [0.4, 0.5) is 0 Å². The molecule has 18 heavy (non-hydrogen) atoms. The van der Waals surface area contributed by atoms with Crippen LogP contribution in [0.1, 0.15) is 74.3 Å². The topological polar surface area (TPSA) is 0 Å². The van der Waals surface area contributed by atoms with Gasteiger partial charge in [0.05, 0.1) is 0 Å². The van der Waals surface area contributed by atoms with E-state index in [2.05, 4.69) is 18.2 Å². The lowest BCUT2D eigenvalue weighted by Gasteiger charge is -2.22. The first-order chi connectivity index (χ1) is 8.90. The molecule has 1 aromatic rings. The second-order valence-electron chi connectivity index (χ2n) is 6.02. The van der Waals surface area contributed by atoms with Gasteiger partial charge in [-0.1, -0.05) is 43.9 Å². The van der Waals surface area contributed by atoms with Crippen LogP contribution in [0.25, 0.3) is 0 Å². The Hall–Kier alpha value is -0.273. The molecule has 0 bridgehead atoms. The molecule has 0 aliphatic heterocycles. The molecule has 0 amide bonds. The molecule has 2 aliphatic carbocycles. The molecule has 0 saturated heterocycles. The third-order valence-corrected chi connectivity index (χ3v) is 6.70. The van der Waals surface area contributed by atoms with Gasteiger partial charge >= 0.3 is 0 Å². The molecule has 2 heteroatoms. The molecular weight excluding hydrogens is 256 g/mol. The molecule has 3 rings (SSSR count). The minimum atomic E-state index is -0.547. The summed E-state index contributed by atoms with van der Waals surface area (Å²) in [5, 5.41) is 1.55. The smallest absolute Gasteiger partial charge is 0.156 e. The summed E-state index contributed by atoms with van der Waals surface area (Å²) in [4.78, 5) is 0. The van der Waals surface area contributed by atoms with Crippen molar-refractivity contribution in [2.24, 2.45) is 0 Å². The zero-order valence-electron chi connectivity index (χ0n) is 11.1. The highest BCUT2D eigenvalue weighted by atomic mass is 35.6. The summed E-state index contributed by atoms with van der Waals surface area (Å²) >= 11 is 6.33. The first-order valence-corrected chi connectivity index (χ1v) is 10.4. The van der Waals surface area contributed by atoms with Crippen LogP contribution >= 0.6 is 11.1 Å². The highest BCUT2D eigenvalue weighted by Gasteiger charge is 2.27.